The summed E-state index contributed by atoms with van der Waals surface area (Å²) in [5.41, 5.74) is 0. The first-order valence-electron chi connectivity index (χ1n) is 2.42. The van der Waals surface area contributed by atoms with Crippen LogP contribution in [0.2, 0.25) is 0 Å². The van der Waals surface area contributed by atoms with E-state index in [4.69, 9.17) is 0 Å². The molecule has 0 radical (unpaired) electrons. The zero-order valence-electron chi connectivity index (χ0n) is 5.96. The summed E-state index contributed by atoms with van der Waals surface area (Å²) in [6.45, 7) is 5.00. The first-order valence-corrected chi connectivity index (χ1v) is 2.42. The van der Waals surface area contributed by atoms with Gasteiger partial charge in [-0.2, -0.15) is 13.0 Å². The molecule has 0 saturated carbocycles. The van der Waals surface area contributed by atoms with Gasteiger partial charge in [0.1, 0.15) is 0 Å². The molecular formula is C7H12Cl2Hf-2. The SMILES string of the molecule is Cl.Cl.[C-]1=CC=CC1.[CH2-]C.[Hf]. The van der Waals surface area contributed by atoms with Crippen molar-refractivity contribution in [2.75, 3.05) is 0 Å². The first-order chi connectivity index (χ1) is 3.50. The van der Waals surface area contributed by atoms with Crippen molar-refractivity contribution in [3.63, 3.8) is 0 Å². The van der Waals surface area contributed by atoms with Gasteiger partial charge in [0.15, 0.2) is 0 Å². The van der Waals surface area contributed by atoms with E-state index in [-0.39, 0.29) is 50.7 Å². The molecule has 60 valence electrons. The predicted octanol–water partition coefficient (Wildman–Crippen LogP) is 2.99. The molecule has 0 saturated heterocycles. The van der Waals surface area contributed by atoms with Crippen LogP contribution in [0.4, 0.5) is 0 Å². The van der Waals surface area contributed by atoms with E-state index < -0.39 is 0 Å². The molecule has 1 aliphatic rings. The standard InChI is InChI=1S/C5H5.C2H5.2ClH.Hf/c1-2-4-5-3-1;1-2;;;/h1-3H,4H2;1H2,2H3;2*1H;/q2*-1;;;. The monoisotopic (exact) mass is 346 g/mol. The molecule has 0 N–H and O–H groups in total. The van der Waals surface area contributed by atoms with Gasteiger partial charge in [-0.05, 0) is 0 Å². The minimum Gasteiger partial charge on any atom is -0.346 e. The Labute approximate surface area is 94.8 Å². The third-order valence-corrected chi connectivity index (χ3v) is 0.586. The summed E-state index contributed by atoms with van der Waals surface area (Å²) in [6, 6.07) is 0. The van der Waals surface area contributed by atoms with E-state index in [9.17, 15) is 0 Å². The molecule has 0 aromatic carbocycles. The van der Waals surface area contributed by atoms with E-state index in [0.29, 0.717) is 0 Å². The van der Waals surface area contributed by atoms with Crippen LogP contribution in [-0.2, 0) is 25.8 Å². The quantitative estimate of drug-likeness (QED) is 0.468. The van der Waals surface area contributed by atoms with E-state index >= 15 is 0 Å². The molecule has 1 rings (SSSR count). The van der Waals surface area contributed by atoms with Gasteiger partial charge in [0.25, 0.3) is 0 Å². The molecule has 10 heavy (non-hydrogen) atoms. The van der Waals surface area contributed by atoms with E-state index in [1.807, 2.05) is 12.2 Å². The Morgan fingerprint density at radius 2 is 1.80 bits per heavy atom. The Morgan fingerprint density at radius 3 is 1.90 bits per heavy atom. The topological polar surface area (TPSA) is 0 Å². The Morgan fingerprint density at radius 1 is 1.30 bits per heavy atom. The van der Waals surface area contributed by atoms with Gasteiger partial charge in [-0.3, -0.25) is 6.08 Å². The molecule has 0 aliphatic heterocycles. The Kier molecular flexibility index (Phi) is 50.5. The average molecular weight is 346 g/mol. The molecule has 0 heterocycles. The Balaban J connectivity index is -0.0000000337. The maximum absolute atomic E-state index is 3.25. The van der Waals surface area contributed by atoms with Crippen molar-refractivity contribution < 1.29 is 25.8 Å². The van der Waals surface area contributed by atoms with Gasteiger partial charge in [-0.1, -0.05) is 0 Å². The number of hydrogen-bond donors (Lipinski definition) is 0. The van der Waals surface area contributed by atoms with Crippen LogP contribution in [0.5, 0.6) is 0 Å². The number of hydrogen-bond acceptors (Lipinski definition) is 0. The van der Waals surface area contributed by atoms with Gasteiger partial charge in [0, 0.05) is 25.8 Å². The van der Waals surface area contributed by atoms with Gasteiger partial charge in [-0.25, -0.2) is 12.2 Å². The molecule has 0 unspecified atom stereocenters. The molecule has 0 fully saturated rings. The van der Waals surface area contributed by atoms with Crippen molar-refractivity contribution in [2.24, 2.45) is 0 Å². The minimum absolute atomic E-state index is 0. The molecular weight excluding hydrogens is 333 g/mol. The van der Waals surface area contributed by atoms with Crippen LogP contribution in [0.3, 0.4) is 0 Å². The fraction of sp³-hybridized carbons (Fsp3) is 0.286. The van der Waals surface area contributed by atoms with E-state index in [0.717, 1.165) is 6.42 Å². The number of rotatable bonds is 0. The summed E-state index contributed by atoms with van der Waals surface area (Å²) in [7, 11) is 0. The fourth-order valence-electron chi connectivity index (χ4n) is 0.340. The number of allylic oxidation sites excluding steroid dienone is 4. The van der Waals surface area contributed by atoms with Crippen LogP contribution in [0.15, 0.2) is 18.2 Å². The molecule has 0 nitrogen and oxygen atoms in total. The molecule has 0 bridgehead atoms. The predicted molar refractivity (Wildman–Crippen MR) is 47.1 cm³/mol. The van der Waals surface area contributed by atoms with Crippen molar-refractivity contribution in [1.29, 1.82) is 0 Å². The van der Waals surface area contributed by atoms with E-state index in [1.54, 1.807) is 6.92 Å². The van der Waals surface area contributed by atoms with Crippen molar-refractivity contribution in [3.8, 4) is 0 Å². The number of halogens is 2. The second-order valence-electron chi connectivity index (χ2n) is 1.00. The summed E-state index contributed by atoms with van der Waals surface area (Å²) >= 11 is 0. The van der Waals surface area contributed by atoms with Crippen LogP contribution < -0.4 is 0 Å². The van der Waals surface area contributed by atoms with E-state index in [2.05, 4.69) is 19.1 Å². The zero-order chi connectivity index (χ0) is 5.54. The fourth-order valence-corrected chi connectivity index (χ4v) is 0.340. The zero-order valence-corrected chi connectivity index (χ0v) is 11.2. The van der Waals surface area contributed by atoms with Gasteiger partial charge < -0.3 is 6.92 Å². The van der Waals surface area contributed by atoms with Gasteiger partial charge in [0.2, 0.25) is 0 Å². The minimum atomic E-state index is 0. The maximum atomic E-state index is 3.25. The average Bonchev–Trinajstić information content (AvgIpc) is 2.23. The van der Waals surface area contributed by atoms with Crippen LogP contribution in [0, 0.1) is 13.0 Å². The molecule has 3 heteroatoms. The van der Waals surface area contributed by atoms with E-state index in [1.165, 1.54) is 0 Å². The summed E-state index contributed by atoms with van der Waals surface area (Å²) in [5.74, 6) is 0. The Bertz CT molecular complexity index is 69.7. The van der Waals surface area contributed by atoms with Crippen LogP contribution >= 0.6 is 24.8 Å². The molecule has 0 aromatic heterocycles. The summed E-state index contributed by atoms with van der Waals surface area (Å²) in [6.07, 6.45) is 10.0. The van der Waals surface area contributed by atoms with Gasteiger partial charge in [-0.15, -0.1) is 31.2 Å². The van der Waals surface area contributed by atoms with Crippen molar-refractivity contribution in [3.05, 3.63) is 31.2 Å². The first kappa shape index (κ1) is 22.4. The second kappa shape index (κ2) is 22.5. The molecule has 0 spiro atoms. The van der Waals surface area contributed by atoms with Crippen molar-refractivity contribution in [2.45, 2.75) is 13.3 Å². The third-order valence-electron chi connectivity index (χ3n) is 0.586. The van der Waals surface area contributed by atoms with Gasteiger partial charge in [0.05, 0.1) is 0 Å². The second-order valence-corrected chi connectivity index (χ2v) is 1.00. The molecule has 0 atom stereocenters. The molecule has 0 aromatic rings. The van der Waals surface area contributed by atoms with Crippen LogP contribution in [0.1, 0.15) is 13.3 Å². The molecule has 1 aliphatic carbocycles. The summed E-state index contributed by atoms with van der Waals surface area (Å²) < 4.78 is 0. The largest absolute Gasteiger partial charge is 0.346 e. The van der Waals surface area contributed by atoms with Gasteiger partial charge >= 0.3 is 0 Å². The molecule has 0 amide bonds. The maximum Gasteiger partial charge on any atom is 0 e. The summed E-state index contributed by atoms with van der Waals surface area (Å²) in [4.78, 5) is 0. The van der Waals surface area contributed by atoms with Crippen molar-refractivity contribution in [1.82, 2.24) is 0 Å². The summed E-state index contributed by atoms with van der Waals surface area (Å²) in [5, 5.41) is 0. The normalized spacial score (nSPS) is 9.40. The third kappa shape index (κ3) is 16.0. The smallest absolute Gasteiger partial charge is 0 e. The van der Waals surface area contributed by atoms with Crippen LogP contribution in [0.25, 0.3) is 0 Å². The van der Waals surface area contributed by atoms with Crippen LogP contribution in [-0.4, -0.2) is 0 Å². The Hall–Kier alpha value is 0.930. The van der Waals surface area contributed by atoms with Crippen molar-refractivity contribution >= 4 is 24.8 Å².